The van der Waals surface area contributed by atoms with E-state index in [2.05, 4.69) is 19.3 Å². The van der Waals surface area contributed by atoms with E-state index >= 15 is 0 Å². The molecule has 1 aliphatic carbocycles. The Hall–Kier alpha value is -0.0800. The molecule has 0 aromatic rings. The van der Waals surface area contributed by atoms with Gasteiger partial charge in [-0.2, -0.15) is 0 Å². The molecule has 1 rings (SSSR count). The summed E-state index contributed by atoms with van der Waals surface area (Å²) in [5, 5.41) is 3.35. The second-order valence-electron chi connectivity index (χ2n) is 3.99. The third kappa shape index (κ3) is 2.46. The molecule has 0 heterocycles. The second kappa shape index (κ2) is 4.83. The molecule has 0 aromatic heterocycles. The Balaban J connectivity index is 2.25. The molecular weight excluding hydrogens is 150 g/mol. The average Bonchev–Trinajstić information content (AvgIpc) is 2.52. The van der Waals surface area contributed by atoms with E-state index in [1.54, 1.807) is 7.11 Å². The van der Waals surface area contributed by atoms with Crippen LogP contribution in [-0.2, 0) is 4.74 Å². The number of hydrogen-bond donors (Lipinski definition) is 1. The molecule has 1 aliphatic rings. The van der Waals surface area contributed by atoms with Gasteiger partial charge in [-0.15, -0.1) is 0 Å². The normalized spacial score (nSPS) is 32.2. The fourth-order valence-corrected chi connectivity index (χ4v) is 2.19. The fourth-order valence-electron chi connectivity index (χ4n) is 2.19. The van der Waals surface area contributed by atoms with E-state index < -0.39 is 0 Å². The minimum Gasteiger partial charge on any atom is -0.384 e. The van der Waals surface area contributed by atoms with Crippen LogP contribution >= 0.6 is 0 Å². The third-order valence-electron chi connectivity index (χ3n) is 3.12. The van der Waals surface area contributed by atoms with Gasteiger partial charge in [-0.25, -0.2) is 0 Å². The predicted molar refractivity (Wildman–Crippen MR) is 51.2 cm³/mol. The van der Waals surface area contributed by atoms with Crippen molar-refractivity contribution in [3.05, 3.63) is 0 Å². The largest absolute Gasteiger partial charge is 0.384 e. The molecule has 72 valence electrons. The zero-order valence-electron chi connectivity index (χ0n) is 8.47. The first kappa shape index (κ1) is 10.0. The lowest BCUT2D eigenvalue weighted by atomic mass is 9.93. The van der Waals surface area contributed by atoms with Crippen LogP contribution in [0.15, 0.2) is 0 Å². The quantitative estimate of drug-likeness (QED) is 0.694. The Morgan fingerprint density at radius 2 is 2.25 bits per heavy atom. The first-order valence-electron chi connectivity index (χ1n) is 4.94. The van der Waals surface area contributed by atoms with Gasteiger partial charge in [-0.1, -0.05) is 6.92 Å². The monoisotopic (exact) mass is 171 g/mol. The molecular formula is C10H21NO. The molecule has 1 fully saturated rings. The highest BCUT2D eigenvalue weighted by Crippen LogP contribution is 2.31. The maximum absolute atomic E-state index is 5.16. The molecule has 0 saturated heterocycles. The lowest BCUT2D eigenvalue weighted by molar-refractivity contribution is 0.130. The molecule has 2 nitrogen and oxygen atoms in total. The number of nitrogens with one attached hydrogen (secondary N) is 1. The molecule has 1 N–H and O–H groups in total. The van der Waals surface area contributed by atoms with Crippen molar-refractivity contribution in [1.29, 1.82) is 0 Å². The van der Waals surface area contributed by atoms with E-state index in [1.165, 1.54) is 19.3 Å². The van der Waals surface area contributed by atoms with E-state index in [4.69, 9.17) is 4.74 Å². The summed E-state index contributed by atoms with van der Waals surface area (Å²) >= 11 is 0. The van der Waals surface area contributed by atoms with Crippen molar-refractivity contribution in [3.8, 4) is 0 Å². The molecule has 1 saturated carbocycles. The summed E-state index contributed by atoms with van der Waals surface area (Å²) in [6.07, 6.45) is 4.05. The van der Waals surface area contributed by atoms with Crippen molar-refractivity contribution in [2.45, 2.75) is 32.2 Å². The summed E-state index contributed by atoms with van der Waals surface area (Å²) in [4.78, 5) is 0. The van der Waals surface area contributed by atoms with E-state index in [0.29, 0.717) is 0 Å². The van der Waals surface area contributed by atoms with Crippen molar-refractivity contribution in [2.75, 3.05) is 20.8 Å². The lowest BCUT2D eigenvalue weighted by Gasteiger charge is -2.18. The lowest BCUT2D eigenvalue weighted by Crippen LogP contribution is -2.23. The molecule has 0 amide bonds. The molecule has 3 unspecified atom stereocenters. The van der Waals surface area contributed by atoms with Crippen LogP contribution in [-0.4, -0.2) is 26.8 Å². The van der Waals surface area contributed by atoms with Gasteiger partial charge in [0, 0.05) is 19.8 Å². The van der Waals surface area contributed by atoms with Crippen molar-refractivity contribution in [3.63, 3.8) is 0 Å². The summed E-state index contributed by atoms with van der Waals surface area (Å²) in [6.45, 7) is 3.22. The zero-order chi connectivity index (χ0) is 8.97. The second-order valence-corrected chi connectivity index (χ2v) is 3.99. The molecule has 2 heteroatoms. The van der Waals surface area contributed by atoms with Gasteiger partial charge in [-0.3, -0.25) is 0 Å². The highest BCUT2D eigenvalue weighted by atomic mass is 16.5. The fraction of sp³-hybridized carbons (Fsp3) is 1.00. The van der Waals surface area contributed by atoms with Crippen LogP contribution in [0.5, 0.6) is 0 Å². The first-order chi connectivity index (χ1) is 5.77. The molecule has 3 atom stereocenters. The number of rotatable bonds is 4. The SMILES string of the molecule is CNC1CCC(C(C)COC)C1. The number of hydrogen-bond acceptors (Lipinski definition) is 2. The van der Waals surface area contributed by atoms with Crippen molar-refractivity contribution in [2.24, 2.45) is 11.8 Å². The van der Waals surface area contributed by atoms with Crippen LogP contribution in [0.1, 0.15) is 26.2 Å². The minimum absolute atomic E-state index is 0.730. The van der Waals surface area contributed by atoms with Crippen molar-refractivity contribution in [1.82, 2.24) is 5.32 Å². The number of ether oxygens (including phenoxy) is 1. The minimum atomic E-state index is 0.730. The van der Waals surface area contributed by atoms with Gasteiger partial charge in [-0.05, 0) is 38.1 Å². The summed E-state index contributed by atoms with van der Waals surface area (Å²) in [7, 11) is 3.86. The number of methoxy groups -OCH3 is 1. The molecule has 12 heavy (non-hydrogen) atoms. The molecule has 0 aliphatic heterocycles. The van der Waals surface area contributed by atoms with Gasteiger partial charge in [0.05, 0.1) is 0 Å². The van der Waals surface area contributed by atoms with Crippen LogP contribution in [0.3, 0.4) is 0 Å². The summed E-state index contributed by atoms with van der Waals surface area (Å²) in [5.41, 5.74) is 0. The smallest absolute Gasteiger partial charge is 0.0490 e. The first-order valence-corrected chi connectivity index (χ1v) is 4.94. The average molecular weight is 171 g/mol. The molecule has 0 aromatic carbocycles. The highest BCUT2D eigenvalue weighted by molar-refractivity contribution is 4.82. The van der Waals surface area contributed by atoms with Gasteiger partial charge >= 0.3 is 0 Å². The predicted octanol–water partition coefficient (Wildman–Crippen LogP) is 1.66. The molecule has 0 spiro atoms. The van der Waals surface area contributed by atoms with Gasteiger partial charge < -0.3 is 10.1 Å². The van der Waals surface area contributed by atoms with Crippen molar-refractivity contribution >= 4 is 0 Å². The van der Waals surface area contributed by atoms with E-state index in [-0.39, 0.29) is 0 Å². The van der Waals surface area contributed by atoms with Crippen molar-refractivity contribution < 1.29 is 4.74 Å². The van der Waals surface area contributed by atoms with Gasteiger partial charge in [0.1, 0.15) is 0 Å². The zero-order valence-corrected chi connectivity index (χ0v) is 8.47. The van der Waals surface area contributed by atoms with Crippen LogP contribution < -0.4 is 5.32 Å². The van der Waals surface area contributed by atoms with E-state index in [1.807, 2.05) is 0 Å². The maximum atomic E-state index is 5.16. The van der Waals surface area contributed by atoms with Crippen LogP contribution in [0.2, 0.25) is 0 Å². The molecule has 0 bridgehead atoms. The third-order valence-corrected chi connectivity index (χ3v) is 3.12. The summed E-state index contributed by atoms with van der Waals surface area (Å²) in [6, 6.07) is 0.759. The van der Waals surface area contributed by atoms with Crippen LogP contribution in [0.4, 0.5) is 0 Å². The highest BCUT2D eigenvalue weighted by Gasteiger charge is 2.27. The Morgan fingerprint density at radius 3 is 2.75 bits per heavy atom. The Morgan fingerprint density at radius 1 is 1.50 bits per heavy atom. The summed E-state index contributed by atoms with van der Waals surface area (Å²) < 4.78 is 5.16. The Labute approximate surface area is 75.7 Å². The Kier molecular flexibility index (Phi) is 4.02. The van der Waals surface area contributed by atoms with E-state index in [0.717, 1.165) is 24.5 Å². The van der Waals surface area contributed by atoms with Gasteiger partial charge in [0.25, 0.3) is 0 Å². The van der Waals surface area contributed by atoms with Gasteiger partial charge in [0.2, 0.25) is 0 Å². The summed E-state index contributed by atoms with van der Waals surface area (Å²) in [5.74, 6) is 1.61. The van der Waals surface area contributed by atoms with E-state index in [9.17, 15) is 0 Å². The topological polar surface area (TPSA) is 21.3 Å². The van der Waals surface area contributed by atoms with Crippen LogP contribution in [0.25, 0.3) is 0 Å². The standard InChI is InChI=1S/C10H21NO/c1-8(7-12-3)9-4-5-10(6-9)11-2/h8-11H,4-7H2,1-3H3. The molecule has 0 radical (unpaired) electrons. The van der Waals surface area contributed by atoms with Gasteiger partial charge in [0.15, 0.2) is 0 Å². The maximum Gasteiger partial charge on any atom is 0.0490 e. The Bertz CT molecular complexity index is 127. The van der Waals surface area contributed by atoms with Crippen LogP contribution in [0, 0.1) is 11.8 Å².